The molecular formula is C16H25N3O. The van der Waals surface area contributed by atoms with Crippen LogP contribution in [0.25, 0.3) is 0 Å². The molecule has 1 aromatic heterocycles. The molecule has 0 amide bonds. The van der Waals surface area contributed by atoms with E-state index in [1.54, 1.807) is 7.11 Å². The summed E-state index contributed by atoms with van der Waals surface area (Å²) in [4.78, 5) is 6.95. The normalized spacial score (nSPS) is 20.4. The molecule has 1 aliphatic heterocycles. The molecule has 0 radical (unpaired) electrons. The summed E-state index contributed by atoms with van der Waals surface area (Å²) >= 11 is 0. The summed E-state index contributed by atoms with van der Waals surface area (Å²) in [5.41, 5.74) is 1.35. The Hall–Kier alpha value is -1.13. The summed E-state index contributed by atoms with van der Waals surface area (Å²) in [5, 5.41) is 3.56. The van der Waals surface area contributed by atoms with Crippen molar-refractivity contribution in [1.29, 1.82) is 0 Å². The van der Waals surface area contributed by atoms with Gasteiger partial charge in [0.25, 0.3) is 0 Å². The molecule has 20 heavy (non-hydrogen) atoms. The fourth-order valence-corrected chi connectivity index (χ4v) is 2.86. The fourth-order valence-electron chi connectivity index (χ4n) is 2.86. The van der Waals surface area contributed by atoms with Crippen LogP contribution in [0.1, 0.15) is 31.2 Å². The van der Waals surface area contributed by atoms with Gasteiger partial charge < -0.3 is 15.0 Å². The minimum atomic E-state index is 0.718. The van der Waals surface area contributed by atoms with Crippen LogP contribution in [0.4, 0.5) is 5.82 Å². The van der Waals surface area contributed by atoms with Gasteiger partial charge in [-0.3, -0.25) is 0 Å². The van der Waals surface area contributed by atoms with Gasteiger partial charge in [-0.15, -0.1) is 0 Å². The van der Waals surface area contributed by atoms with E-state index in [2.05, 4.69) is 27.3 Å². The summed E-state index contributed by atoms with van der Waals surface area (Å²) in [6.45, 7) is 4.06. The third-order valence-corrected chi connectivity index (χ3v) is 4.32. The Bertz CT molecular complexity index is 425. The average Bonchev–Trinajstić information content (AvgIpc) is 3.31. The minimum Gasteiger partial charge on any atom is -0.384 e. The number of pyridine rings is 1. The standard InChI is InChI=1S/C16H25N3O/c1-20-12-13-5-8-19(9-6-13)16-10-14(4-7-17-16)11-18-15-2-3-15/h4,7,10,13,15,18H,2-3,5-6,8-9,11-12H2,1H3. The molecule has 1 aliphatic carbocycles. The van der Waals surface area contributed by atoms with E-state index in [-0.39, 0.29) is 0 Å². The molecule has 2 fully saturated rings. The molecule has 110 valence electrons. The number of nitrogens with one attached hydrogen (secondary N) is 1. The summed E-state index contributed by atoms with van der Waals surface area (Å²) in [6.07, 6.45) is 7.04. The third-order valence-electron chi connectivity index (χ3n) is 4.32. The Morgan fingerprint density at radius 1 is 1.30 bits per heavy atom. The number of hydrogen-bond acceptors (Lipinski definition) is 4. The van der Waals surface area contributed by atoms with Gasteiger partial charge in [-0.25, -0.2) is 4.98 Å². The predicted octanol–water partition coefficient (Wildman–Crippen LogP) is 2.20. The lowest BCUT2D eigenvalue weighted by Crippen LogP contribution is -2.35. The number of anilines is 1. The Kier molecular flexibility index (Phi) is 4.53. The van der Waals surface area contributed by atoms with Crippen LogP contribution in [-0.2, 0) is 11.3 Å². The molecule has 4 heteroatoms. The van der Waals surface area contributed by atoms with Crippen LogP contribution in [-0.4, -0.2) is 37.8 Å². The topological polar surface area (TPSA) is 37.4 Å². The van der Waals surface area contributed by atoms with Crippen molar-refractivity contribution in [2.24, 2.45) is 5.92 Å². The van der Waals surface area contributed by atoms with E-state index in [1.165, 1.54) is 31.2 Å². The van der Waals surface area contributed by atoms with Crippen LogP contribution in [0.2, 0.25) is 0 Å². The molecule has 1 N–H and O–H groups in total. The monoisotopic (exact) mass is 275 g/mol. The first-order chi connectivity index (χ1) is 9.85. The summed E-state index contributed by atoms with van der Waals surface area (Å²) in [7, 11) is 1.80. The number of methoxy groups -OCH3 is 1. The Morgan fingerprint density at radius 2 is 2.10 bits per heavy atom. The van der Waals surface area contributed by atoms with Gasteiger partial charge in [0.2, 0.25) is 0 Å². The van der Waals surface area contributed by atoms with Crippen LogP contribution in [0.15, 0.2) is 18.3 Å². The molecule has 0 atom stereocenters. The van der Waals surface area contributed by atoms with Gasteiger partial charge in [0.1, 0.15) is 5.82 Å². The number of ether oxygens (including phenoxy) is 1. The lowest BCUT2D eigenvalue weighted by atomic mass is 9.98. The molecule has 0 aromatic carbocycles. The van der Waals surface area contributed by atoms with Crippen LogP contribution < -0.4 is 10.2 Å². The summed E-state index contributed by atoms with van der Waals surface area (Å²) in [6, 6.07) is 5.12. The zero-order valence-electron chi connectivity index (χ0n) is 12.3. The second kappa shape index (κ2) is 6.55. The molecule has 1 saturated carbocycles. The largest absolute Gasteiger partial charge is 0.384 e. The SMILES string of the molecule is COCC1CCN(c2cc(CNC3CC3)ccn2)CC1. The number of aromatic nitrogens is 1. The van der Waals surface area contributed by atoms with Crippen molar-refractivity contribution in [2.75, 3.05) is 31.7 Å². The smallest absolute Gasteiger partial charge is 0.128 e. The van der Waals surface area contributed by atoms with Gasteiger partial charge in [0.15, 0.2) is 0 Å². The van der Waals surface area contributed by atoms with E-state index in [0.717, 1.165) is 44.0 Å². The van der Waals surface area contributed by atoms with Crippen LogP contribution in [0, 0.1) is 5.92 Å². The zero-order valence-corrected chi connectivity index (χ0v) is 12.3. The molecule has 1 aromatic rings. The first-order valence-corrected chi connectivity index (χ1v) is 7.77. The number of nitrogens with zero attached hydrogens (tertiary/aromatic N) is 2. The highest BCUT2D eigenvalue weighted by molar-refractivity contribution is 5.41. The van der Waals surface area contributed by atoms with Gasteiger partial charge in [-0.05, 0) is 49.3 Å². The van der Waals surface area contributed by atoms with E-state index in [4.69, 9.17) is 4.74 Å². The highest BCUT2D eigenvalue weighted by Gasteiger charge is 2.21. The summed E-state index contributed by atoms with van der Waals surface area (Å²) in [5.74, 6) is 1.85. The van der Waals surface area contributed by atoms with E-state index in [0.29, 0.717) is 0 Å². The number of piperidine rings is 1. The maximum absolute atomic E-state index is 5.26. The molecular weight excluding hydrogens is 250 g/mol. The number of hydrogen-bond donors (Lipinski definition) is 1. The highest BCUT2D eigenvalue weighted by Crippen LogP contribution is 2.23. The zero-order chi connectivity index (χ0) is 13.8. The maximum Gasteiger partial charge on any atom is 0.128 e. The molecule has 3 rings (SSSR count). The lowest BCUT2D eigenvalue weighted by molar-refractivity contribution is 0.139. The Balaban J connectivity index is 1.55. The fraction of sp³-hybridized carbons (Fsp3) is 0.688. The predicted molar refractivity (Wildman–Crippen MR) is 80.9 cm³/mol. The van der Waals surface area contributed by atoms with Crippen molar-refractivity contribution >= 4 is 5.82 Å². The average molecular weight is 275 g/mol. The molecule has 4 nitrogen and oxygen atoms in total. The molecule has 0 bridgehead atoms. The highest BCUT2D eigenvalue weighted by atomic mass is 16.5. The van der Waals surface area contributed by atoms with Crippen molar-refractivity contribution in [1.82, 2.24) is 10.3 Å². The van der Waals surface area contributed by atoms with Crippen molar-refractivity contribution in [2.45, 2.75) is 38.3 Å². The third kappa shape index (κ3) is 3.70. The lowest BCUT2D eigenvalue weighted by Gasteiger charge is -2.32. The van der Waals surface area contributed by atoms with Crippen LogP contribution in [0.5, 0.6) is 0 Å². The Labute approximate surface area is 121 Å². The van der Waals surface area contributed by atoms with Gasteiger partial charge in [-0.2, -0.15) is 0 Å². The quantitative estimate of drug-likeness (QED) is 0.863. The molecule has 2 heterocycles. The minimum absolute atomic E-state index is 0.718. The second-order valence-electron chi connectivity index (χ2n) is 6.06. The van der Waals surface area contributed by atoms with Crippen molar-refractivity contribution < 1.29 is 4.74 Å². The molecule has 1 saturated heterocycles. The van der Waals surface area contributed by atoms with Crippen molar-refractivity contribution in [3.05, 3.63) is 23.9 Å². The van der Waals surface area contributed by atoms with Gasteiger partial charge >= 0.3 is 0 Å². The van der Waals surface area contributed by atoms with Crippen molar-refractivity contribution in [3.63, 3.8) is 0 Å². The van der Waals surface area contributed by atoms with Crippen LogP contribution >= 0.6 is 0 Å². The molecule has 0 spiro atoms. The van der Waals surface area contributed by atoms with E-state index < -0.39 is 0 Å². The van der Waals surface area contributed by atoms with Gasteiger partial charge in [0.05, 0.1) is 0 Å². The summed E-state index contributed by atoms with van der Waals surface area (Å²) < 4.78 is 5.26. The van der Waals surface area contributed by atoms with Crippen LogP contribution in [0.3, 0.4) is 0 Å². The van der Waals surface area contributed by atoms with Crippen molar-refractivity contribution in [3.8, 4) is 0 Å². The van der Waals surface area contributed by atoms with E-state index >= 15 is 0 Å². The molecule has 0 unspecified atom stereocenters. The van der Waals surface area contributed by atoms with Gasteiger partial charge in [0, 0.05) is 45.6 Å². The van der Waals surface area contributed by atoms with Gasteiger partial charge in [-0.1, -0.05) is 0 Å². The van der Waals surface area contributed by atoms with E-state index in [1.807, 2.05) is 6.20 Å². The Morgan fingerprint density at radius 3 is 2.80 bits per heavy atom. The first kappa shape index (κ1) is 13.8. The maximum atomic E-state index is 5.26. The van der Waals surface area contributed by atoms with E-state index in [9.17, 15) is 0 Å². The number of rotatable bonds is 6. The first-order valence-electron chi connectivity index (χ1n) is 7.77. The second-order valence-corrected chi connectivity index (χ2v) is 6.06. The molecule has 2 aliphatic rings.